The van der Waals surface area contributed by atoms with Crippen molar-refractivity contribution >= 4 is 17.3 Å². The molecule has 0 amide bonds. The molecule has 0 spiro atoms. The molecule has 0 radical (unpaired) electrons. The van der Waals surface area contributed by atoms with Crippen molar-refractivity contribution in [1.82, 2.24) is 9.97 Å². The quantitative estimate of drug-likeness (QED) is 0.350. The van der Waals surface area contributed by atoms with Gasteiger partial charge in [-0.2, -0.15) is 26.3 Å². The SMILES string of the molecule is NCC1Cc2c(OCc3cc(=O)[nH]c(=O)[nH]3)cccc2N(c2ccc(C(F)(F)F)cc2)C1.O=C(O)C(F)(F)F. The monoisotopic (exact) mass is 560 g/mol. The Bertz CT molecular complexity index is 1390. The molecule has 2 aromatic carbocycles. The van der Waals surface area contributed by atoms with Crippen molar-refractivity contribution in [2.75, 3.05) is 18.0 Å². The van der Waals surface area contributed by atoms with Gasteiger partial charge in [-0.05, 0) is 55.3 Å². The van der Waals surface area contributed by atoms with Gasteiger partial charge in [0.15, 0.2) is 0 Å². The lowest BCUT2D eigenvalue weighted by molar-refractivity contribution is -0.192. The molecule has 9 nitrogen and oxygen atoms in total. The van der Waals surface area contributed by atoms with Gasteiger partial charge in [-0.3, -0.25) is 9.78 Å². The summed E-state index contributed by atoms with van der Waals surface area (Å²) in [5.41, 5.74) is 6.69. The Labute approximate surface area is 215 Å². The molecule has 1 aliphatic heterocycles. The zero-order chi connectivity index (χ0) is 29.0. The number of halogens is 6. The number of carboxylic acids is 1. The smallest absolute Gasteiger partial charge is 0.487 e. The number of aromatic nitrogens is 2. The first kappa shape index (κ1) is 29.3. The van der Waals surface area contributed by atoms with E-state index in [-0.39, 0.29) is 12.5 Å². The maximum atomic E-state index is 13.0. The number of aliphatic carboxylic acids is 1. The molecule has 2 heterocycles. The highest BCUT2D eigenvalue weighted by molar-refractivity contribution is 5.73. The number of ether oxygens (including phenoxy) is 1. The van der Waals surface area contributed by atoms with Gasteiger partial charge >= 0.3 is 24.0 Å². The largest absolute Gasteiger partial charge is 0.490 e. The highest BCUT2D eigenvalue weighted by Gasteiger charge is 2.38. The molecule has 0 saturated carbocycles. The number of H-pyrrole nitrogens is 2. The van der Waals surface area contributed by atoms with E-state index in [4.69, 9.17) is 20.4 Å². The number of hydrogen-bond donors (Lipinski definition) is 4. The molecule has 5 N–H and O–H groups in total. The van der Waals surface area contributed by atoms with E-state index in [1.165, 1.54) is 18.2 Å². The molecule has 0 bridgehead atoms. The minimum absolute atomic E-state index is 0.0246. The zero-order valence-corrected chi connectivity index (χ0v) is 19.9. The summed E-state index contributed by atoms with van der Waals surface area (Å²) >= 11 is 0. The molecule has 1 aromatic heterocycles. The number of rotatable bonds is 5. The molecule has 15 heteroatoms. The number of nitrogens with one attached hydrogen (secondary N) is 2. The Morgan fingerprint density at radius 3 is 2.23 bits per heavy atom. The van der Waals surface area contributed by atoms with E-state index in [0.29, 0.717) is 36.6 Å². The van der Waals surface area contributed by atoms with E-state index in [0.717, 1.165) is 23.4 Å². The van der Waals surface area contributed by atoms with Gasteiger partial charge in [0, 0.05) is 29.5 Å². The van der Waals surface area contributed by atoms with Gasteiger partial charge in [0.05, 0.1) is 11.3 Å². The number of alkyl halides is 6. The molecule has 0 fully saturated rings. The first-order chi connectivity index (χ1) is 18.2. The molecule has 39 heavy (non-hydrogen) atoms. The van der Waals surface area contributed by atoms with Crippen LogP contribution >= 0.6 is 0 Å². The Morgan fingerprint density at radius 1 is 1.05 bits per heavy atom. The van der Waals surface area contributed by atoms with Gasteiger partial charge in [-0.15, -0.1) is 0 Å². The summed E-state index contributed by atoms with van der Waals surface area (Å²) in [4.78, 5) is 38.4. The Morgan fingerprint density at radius 2 is 1.69 bits per heavy atom. The van der Waals surface area contributed by atoms with Crippen LogP contribution < -0.4 is 26.6 Å². The fraction of sp³-hybridized carbons (Fsp3) is 0.292. The molecule has 0 aliphatic carbocycles. The summed E-state index contributed by atoms with van der Waals surface area (Å²) in [5.74, 6) is -2.14. The van der Waals surface area contributed by atoms with Crippen molar-refractivity contribution in [3.63, 3.8) is 0 Å². The second kappa shape index (κ2) is 11.6. The number of aromatic amines is 2. The average molecular weight is 560 g/mol. The van der Waals surface area contributed by atoms with Crippen LogP contribution in [0.4, 0.5) is 37.7 Å². The van der Waals surface area contributed by atoms with Gasteiger partial charge in [0.25, 0.3) is 5.56 Å². The highest BCUT2D eigenvalue weighted by atomic mass is 19.4. The lowest BCUT2D eigenvalue weighted by Crippen LogP contribution is -2.36. The highest BCUT2D eigenvalue weighted by Crippen LogP contribution is 2.41. The van der Waals surface area contributed by atoms with E-state index in [1.54, 1.807) is 12.1 Å². The molecule has 4 rings (SSSR count). The molecule has 210 valence electrons. The van der Waals surface area contributed by atoms with E-state index in [2.05, 4.69) is 9.97 Å². The molecule has 1 atom stereocenters. The topological polar surface area (TPSA) is 142 Å². The first-order valence-electron chi connectivity index (χ1n) is 11.2. The molecular formula is C24H22F6N4O5. The van der Waals surface area contributed by atoms with Crippen LogP contribution in [0.3, 0.4) is 0 Å². The molecule has 3 aromatic rings. The van der Waals surface area contributed by atoms with Crippen molar-refractivity contribution in [3.05, 3.63) is 86.2 Å². The number of benzene rings is 2. The predicted octanol–water partition coefficient (Wildman–Crippen LogP) is 3.56. The van der Waals surface area contributed by atoms with E-state index in [9.17, 15) is 35.9 Å². The maximum absolute atomic E-state index is 13.0. The zero-order valence-electron chi connectivity index (χ0n) is 19.9. The number of fused-ring (bicyclic) bond motifs is 1. The number of nitrogens with zero attached hydrogens (tertiary/aromatic N) is 1. The maximum Gasteiger partial charge on any atom is 0.490 e. The van der Waals surface area contributed by atoms with Gasteiger partial charge in [-0.25, -0.2) is 9.59 Å². The lowest BCUT2D eigenvalue weighted by Gasteiger charge is -2.36. The normalized spacial score (nSPS) is 15.2. The van der Waals surface area contributed by atoms with Gasteiger partial charge in [0.1, 0.15) is 12.4 Å². The number of carboxylic acid groups (broad SMARTS) is 1. The predicted molar refractivity (Wildman–Crippen MR) is 127 cm³/mol. The molecule has 0 saturated heterocycles. The van der Waals surface area contributed by atoms with Crippen molar-refractivity contribution < 1.29 is 41.0 Å². The molecular weight excluding hydrogens is 538 g/mol. The van der Waals surface area contributed by atoms with Crippen molar-refractivity contribution in [3.8, 4) is 5.75 Å². The van der Waals surface area contributed by atoms with Crippen molar-refractivity contribution in [2.45, 2.75) is 25.4 Å². The third-order valence-electron chi connectivity index (χ3n) is 5.61. The average Bonchev–Trinajstić information content (AvgIpc) is 2.85. The van der Waals surface area contributed by atoms with Crippen LogP contribution in [0.1, 0.15) is 16.8 Å². The lowest BCUT2D eigenvalue weighted by atomic mass is 9.91. The number of hydrogen-bond acceptors (Lipinski definition) is 6. The summed E-state index contributed by atoms with van der Waals surface area (Å²) in [7, 11) is 0. The van der Waals surface area contributed by atoms with Crippen LogP contribution in [0.25, 0.3) is 0 Å². The Hall–Kier alpha value is -4.27. The summed E-state index contributed by atoms with van der Waals surface area (Å²) in [6, 6.07) is 11.7. The van der Waals surface area contributed by atoms with Gasteiger partial charge in [0.2, 0.25) is 0 Å². The number of carbonyl (C=O) groups is 1. The van der Waals surface area contributed by atoms with Gasteiger partial charge < -0.3 is 25.5 Å². The summed E-state index contributed by atoms with van der Waals surface area (Å²) in [6.45, 7) is 0.926. The van der Waals surface area contributed by atoms with Crippen LogP contribution in [0, 0.1) is 5.92 Å². The van der Waals surface area contributed by atoms with Crippen LogP contribution in [-0.2, 0) is 24.0 Å². The summed E-state index contributed by atoms with van der Waals surface area (Å²) < 4.78 is 76.5. The second-order valence-electron chi connectivity index (χ2n) is 8.42. The minimum Gasteiger partial charge on any atom is -0.487 e. The summed E-state index contributed by atoms with van der Waals surface area (Å²) in [6.07, 6.45) is -8.86. The third kappa shape index (κ3) is 7.63. The van der Waals surface area contributed by atoms with E-state index in [1.807, 2.05) is 11.0 Å². The fourth-order valence-electron chi connectivity index (χ4n) is 3.84. The van der Waals surface area contributed by atoms with E-state index < -0.39 is 35.1 Å². The first-order valence-corrected chi connectivity index (χ1v) is 11.2. The molecule has 1 aliphatic rings. The fourth-order valence-corrected chi connectivity index (χ4v) is 3.84. The van der Waals surface area contributed by atoms with Crippen LogP contribution in [0.5, 0.6) is 5.75 Å². The van der Waals surface area contributed by atoms with Gasteiger partial charge in [-0.1, -0.05) is 6.07 Å². The molecule has 1 unspecified atom stereocenters. The number of anilines is 2. The Balaban J connectivity index is 0.000000532. The standard InChI is InChI=1S/C22H21F3N4O3.C2HF3O2/c23-22(24,25)14-4-6-16(7-5-14)29-11-13(10-26)8-17-18(29)2-1-3-19(17)32-12-15-9-20(30)28-21(31)27-15;3-2(4,5)1(6)7/h1-7,9,13H,8,10-12,26H2,(H2,27,28,30,31);(H,6,7). The van der Waals surface area contributed by atoms with Crippen molar-refractivity contribution in [2.24, 2.45) is 11.7 Å². The minimum atomic E-state index is -5.08. The van der Waals surface area contributed by atoms with Crippen LogP contribution in [0.2, 0.25) is 0 Å². The third-order valence-corrected chi connectivity index (χ3v) is 5.61. The van der Waals surface area contributed by atoms with Crippen LogP contribution in [-0.4, -0.2) is 40.3 Å². The van der Waals surface area contributed by atoms with Crippen LogP contribution in [0.15, 0.2) is 58.1 Å². The number of nitrogens with two attached hydrogens (primary N) is 1. The second-order valence-corrected chi connectivity index (χ2v) is 8.42. The summed E-state index contributed by atoms with van der Waals surface area (Å²) in [5, 5.41) is 7.12. The van der Waals surface area contributed by atoms with E-state index >= 15 is 0 Å². The Kier molecular flexibility index (Phi) is 8.74. The van der Waals surface area contributed by atoms with Crippen molar-refractivity contribution in [1.29, 1.82) is 0 Å².